The van der Waals surface area contributed by atoms with Crippen molar-refractivity contribution < 1.29 is 4.74 Å². The van der Waals surface area contributed by atoms with Crippen molar-refractivity contribution >= 4 is 29.3 Å². The SMILES string of the molecule is Clc1ccc(C2(CSc3ccccc3)CN=C(c3ccccc3)O2)cc1. The van der Waals surface area contributed by atoms with Gasteiger partial charge in [0.1, 0.15) is 0 Å². The van der Waals surface area contributed by atoms with Crippen molar-refractivity contribution in [3.05, 3.63) is 101 Å². The first-order chi connectivity index (χ1) is 12.8. The zero-order chi connectivity index (χ0) is 17.8. The van der Waals surface area contributed by atoms with Gasteiger partial charge in [-0.3, -0.25) is 0 Å². The second kappa shape index (κ2) is 7.56. The number of benzene rings is 3. The van der Waals surface area contributed by atoms with Gasteiger partial charge in [0, 0.05) is 21.2 Å². The first-order valence-corrected chi connectivity index (χ1v) is 9.84. The molecule has 0 radical (unpaired) electrons. The van der Waals surface area contributed by atoms with Crippen molar-refractivity contribution in [3.63, 3.8) is 0 Å². The third-order valence-electron chi connectivity index (χ3n) is 4.38. The first kappa shape index (κ1) is 17.2. The van der Waals surface area contributed by atoms with Crippen LogP contribution in [0.3, 0.4) is 0 Å². The summed E-state index contributed by atoms with van der Waals surface area (Å²) in [6, 6.07) is 28.3. The highest BCUT2D eigenvalue weighted by atomic mass is 35.5. The number of rotatable bonds is 5. The zero-order valence-electron chi connectivity index (χ0n) is 14.1. The Kier molecular flexibility index (Phi) is 5.00. The molecular weight excluding hydrogens is 362 g/mol. The van der Waals surface area contributed by atoms with Gasteiger partial charge in [-0.15, -0.1) is 11.8 Å². The fourth-order valence-corrected chi connectivity index (χ4v) is 4.15. The van der Waals surface area contributed by atoms with Gasteiger partial charge < -0.3 is 4.74 Å². The Hall–Kier alpha value is -2.23. The summed E-state index contributed by atoms with van der Waals surface area (Å²) in [4.78, 5) is 5.94. The Morgan fingerprint density at radius 1 is 0.885 bits per heavy atom. The summed E-state index contributed by atoms with van der Waals surface area (Å²) in [5.74, 6) is 1.48. The lowest BCUT2D eigenvalue weighted by Crippen LogP contribution is -2.33. The number of hydrogen-bond donors (Lipinski definition) is 0. The van der Waals surface area contributed by atoms with E-state index in [9.17, 15) is 0 Å². The van der Waals surface area contributed by atoms with E-state index < -0.39 is 5.60 Å². The van der Waals surface area contributed by atoms with Crippen LogP contribution in [-0.4, -0.2) is 18.2 Å². The van der Waals surface area contributed by atoms with Gasteiger partial charge in [-0.1, -0.05) is 60.1 Å². The summed E-state index contributed by atoms with van der Waals surface area (Å²) in [7, 11) is 0. The van der Waals surface area contributed by atoms with Crippen LogP contribution in [0.2, 0.25) is 5.02 Å². The molecule has 1 aliphatic heterocycles. The smallest absolute Gasteiger partial charge is 0.217 e. The third kappa shape index (κ3) is 3.64. The average molecular weight is 380 g/mol. The summed E-state index contributed by atoms with van der Waals surface area (Å²) >= 11 is 7.87. The molecule has 0 spiro atoms. The molecule has 1 aliphatic rings. The monoisotopic (exact) mass is 379 g/mol. The molecule has 0 aromatic heterocycles. The molecule has 4 rings (SSSR count). The van der Waals surface area contributed by atoms with Gasteiger partial charge in [-0.2, -0.15) is 0 Å². The van der Waals surface area contributed by atoms with Gasteiger partial charge in [-0.05, 0) is 42.0 Å². The maximum absolute atomic E-state index is 6.47. The van der Waals surface area contributed by atoms with Crippen LogP contribution in [0.15, 0.2) is 94.8 Å². The summed E-state index contributed by atoms with van der Waals surface area (Å²) < 4.78 is 6.47. The number of thioether (sulfide) groups is 1. The molecule has 0 saturated carbocycles. The fraction of sp³-hybridized carbons (Fsp3) is 0.136. The fourth-order valence-electron chi connectivity index (χ4n) is 2.96. The highest BCUT2D eigenvalue weighted by Gasteiger charge is 2.40. The minimum atomic E-state index is -0.490. The van der Waals surface area contributed by atoms with Gasteiger partial charge in [0.2, 0.25) is 5.90 Å². The van der Waals surface area contributed by atoms with Crippen molar-refractivity contribution in [1.29, 1.82) is 0 Å². The number of nitrogens with zero attached hydrogens (tertiary/aromatic N) is 1. The van der Waals surface area contributed by atoms with E-state index in [1.165, 1.54) is 4.90 Å². The van der Waals surface area contributed by atoms with Crippen molar-refractivity contribution in [2.24, 2.45) is 4.99 Å². The molecule has 0 aliphatic carbocycles. The molecular formula is C22H18ClNOS. The molecule has 0 saturated heterocycles. The number of aliphatic imine (C=N–C) groups is 1. The summed E-state index contributed by atoms with van der Waals surface area (Å²) in [5, 5.41) is 0.724. The largest absolute Gasteiger partial charge is 0.463 e. The molecule has 2 nitrogen and oxygen atoms in total. The average Bonchev–Trinajstić information content (AvgIpc) is 3.14. The predicted molar refractivity (Wildman–Crippen MR) is 109 cm³/mol. The Bertz CT molecular complexity index is 896. The molecule has 0 N–H and O–H groups in total. The molecule has 3 aromatic rings. The van der Waals surface area contributed by atoms with Crippen LogP contribution in [0, 0.1) is 0 Å². The van der Waals surface area contributed by atoms with Crippen LogP contribution >= 0.6 is 23.4 Å². The van der Waals surface area contributed by atoms with Crippen molar-refractivity contribution in [2.45, 2.75) is 10.5 Å². The van der Waals surface area contributed by atoms with E-state index in [2.05, 4.69) is 24.3 Å². The Morgan fingerprint density at radius 3 is 2.23 bits per heavy atom. The Morgan fingerprint density at radius 2 is 1.54 bits per heavy atom. The summed E-state index contributed by atoms with van der Waals surface area (Å²) in [5.41, 5.74) is 1.61. The maximum Gasteiger partial charge on any atom is 0.217 e. The van der Waals surface area contributed by atoms with Crippen molar-refractivity contribution in [3.8, 4) is 0 Å². The van der Waals surface area contributed by atoms with Crippen LogP contribution in [-0.2, 0) is 10.3 Å². The van der Waals surface area contributed by atoms with Crippen LogP contribution in [0.1, 0.15) is 11.1 Å². The van der Waals surface area contributed by atoms with E-state index in [4.69, 9.17) is 21.3 Å². The van der Waals surface area contributed by atoms with E-state index in [-0.39, 0.29) is 0 Å². The van der Waals surface area contributed by atoms with Gasteiger partial charge in [0.15, 0.2) is 5.60 Å². The lowest BCUT2D eigenvalue weighted by Gasteiger charge is -2.29. The molecule has 130 valence electrons. The number of hydrogen-bond acceptors (Lipinski definition) is 3. The molecule has 0 fully saturated rings. The lowest BCUT2D eigenvalue weighted by atomic mass is 9.96. The summed E-state index contributed by atoms with van der Waals surface area (Å²) in [6.45, 7) is 0.596. The van der Waals surface area contributed by atoms with E-state index in [1.807, 2.05) is 60.7 Å². The van der Waals surface area contributed by atoms with Gasteiger partial charge >= 0.3 is 0 Å². The minimum Gasteiger partial charge on any atom is -0.463 e. The Balaban J connectivity index is 1.62. The molecule has 26 heavy (non-hydrogen) atoms. The maximum atomic E-state index is 6.47. The molecule has 0 amide bonds. The first-order valence-electron chi connectivity index (χ1n) is 8.48. The topological polar surface area (TPSA) is 21.6 Å². The van der Waals surface area contributed by atoms with Crippen molar-refractivity contribution in [2.75, 3.05) is 12.3 Å². The molecule has 0 bridgehead atoms. The van der Waals surface area contributed by atoms with E-state index in [0.717, 1.165) is 21.9 Å². The van der Waals surface area contributed by atoms with Crippen LogP contribution < -0.4 is 0 Å². The van der Waals surface area contributed by atoms with Crippen molar-refractivity contribution in [1.82, 2.24) is 0 Å². The molecule has 3 aromatic carbocycles. The quantitative estimate of drug-likeness (QED) is 0.522. The molecule has 4 heteroatoms. The van der Waals surface area contributed by atoms with Crippen LogP contribution in [0.4, 0.5) is 0 Å². The summed E-state index contributed by atoms with van der Waals surface area (Å²) in [6.07, 6.45) is 0. The second-order valence-electron chi connectivity index (χ2n) is 6.19. The second-order valence-corrected chi connectivity index (χ2v) is 7.68. The number of ether oxygens (including phenoxy) is 1. The van der Waals surface area contributed by atoms with Gasteiger partial charge in [0.05, 0.1) is 6.54 Å². The lowest BCUT2D eigenvalue weighted by molar-refractivity contribution is 0.114. The molecule has 1 atom stereocenters. The molecule has 1 unspecified atom stereocenters. The third-order valence-corrected chi connectivity index (χ3v) is 5.84. The van der Waals surface area contributed by atoms with Crippen LogP contribution in [0.25, 0.3) is 0 Å². The standard InChI is InChI=1S/C22H18ClNOS/c23-19-13-11-18(12-14-19)22(16-26-20-9-5-2-6-10-20)15-24-21(25-22)17-7-3-1-4-8-17/h1-14H,15-16H2. The van der Waals surface area contributed by atoms with Crippen LogP contribution in [0.5, 0.6) is 0 Å². The molecule has 1 heterocycles. The zero-order valence-corrected chi connectivity index (χ0v) is 15.7. The highest BCUT2D eigenvalue weighted by Crippen LogP contribution is 2.38. The minimum absolute atomic E-state index is 0.490. The predicted octanol–water partition coefficient (Wildman–Crippen LogP) is 5.80. The normalized spacial score (nSPS) is 19.0. The van der Waals surface area contributed by atoms with Gasteiger partial charge in [-0.25, -0.2) is 4.99 Å². The van der Waals surface area contributed by atoms with E-state index >= 15 is 0 Å². The Labute approximate surface area is 162 Å². The highest BCUT2D eigenvalue weighted by molar-refractivity contribution is 7.99. The van der Waals surface area contributed by atoms with Gasteiger partial charge in [0.25, 0.3) is 0 Å². The van der Waals surface area contributed by atoms with E-state index in [0.29, 0.717) is 12.4 Å². The van der Waals surface area contributed by atoms with E-state index in [1.54, 1.807) is 11.8 Å². The number of halogens is 1.